The highest BCUT2D eigenvalue weighted by Crippen LogP contribution is 2.16. The molecule has 0 aliphatic rings. The zero-order valence-corrected chi connectivity index (χ0v) is 12.8. The third-order valence-electron chi connectivity index (χ3n) is 2.90. The van der Waals surface area contributed by atoms with E-state index in [-0.39, 0.29) is 5.91 Å². The molecule has 4 nitrogen and oxygen atoms in total. The van der Waals surface area contributed by atoms with Gasteiger partial charge in [0, 0.05) is 11.4 Å². The van der Waals surface area contributed by atoms with Crippen LogP contribution >= 0.6 is 11.3 Å². The van der Waals surface area contributed by atoms with E-state index >= 15 is 0 Å². The second-order valence-electron chi connectivity index (χ2n) is 4.66. The van der Waals surface area contributed by atoms with Crippen LogP contribution in [0.1, 0.15) is 27.0 Å². The average molecular weight is 303 g/mol. The molecule has 1 aromatic heterocycles. The molecule has 0 aliphatic carbocycles. The van der Waals surface area contributed by atoms with Crippen molar-refractivity contribution in [2.45, 2.75) is 26.5 Å². The summed E-state index contributed by atoms with van der Waals surface area (Å²) >= 11 is 1.35. The highest BCUT2D eigenvalue weighted by molar-refractivity contribution is 7.13. The lowest BCUT2D eigenvalue weighted by atomic mass is 10.2. The molecule has 1 atom stereocenters. The van der Waals surface area contributed by atoms with Gasteiger partial charge in [-0.2, -0.15) is 0 Å². The topological polar surface area (TPSA) is 55.4 Å². The molecule has 5 heteroatoms. The van der Waals surface area contributed by atoms with Gasteiger partial charge in [0.05, 0.1) is 0 Å². The van der Waals surface area contributed by atoms with Crippen LogP contribution in [0.4, 0.5) is 0 Å². The van der Waals surface area contributed by atoms with Gasteiger partial charge in [0.1, 0.15) is 4.88 Å². The number of carbonyl (C=O) groups excluding carboxylic acids is 2. The Bertz CT molecular complexity index is 621. The summed E-state index contributed by atoms with van der Waals surface area (Å²) < 4.78 is 5.16. The molecule has 1 aromatic carbocycles. The van der Waals surface area contributed by atoms with Crippen molar-refractivity contribution in [3.8, 4) is 0 Å². The van der Waals surface area contributed by atoms with Crippen LogP contribution in [-0.4, -0.2) is 18.0 Å². The van der Waals surface area contributed by atoms with Crippen molar-refractivity contribution >= 4 is 23.2 Å². The number of nitrogens with one attached hydrogen (secondary N) is 1. The van der Waals surface area contributed by atoms with E-state index in [1.165, 1.54) is 11.3 Å². The van der Waals surface area contributed by atoms with Gasteiger partial charge in [-0.1, -0.05) is 30.3 Å². The zero-order chi connectivity index (χ0) is 15.2. The lowest BCUT2D eigenvalue weighted by Crippen LogP contribution is -2.35. The van der Waals surface area contributed by atoms with Crippen molar-refractivity contribution < 1.29 is 14.3 Å². The van der Waals surface area contributed by atoms with Crippen molar-refractivity contribution in [3.63, 3.8) is 0 Å². The molecule has 0 fully saturated rings. The molecule has 0 aliphatic heterocycles. The third-order valence-corrected chi connectivity index (χ3v) is 3.88. The molecular formula is C16H17NO3S. The Labute approximate surface area is 127 Å². The van der Waals surface area contributed by atoms with Crippen LogP contribution in [0.2, 0.25) is 0 Å². The van der Waals surface area contributed by atoms with E-state index in [0.29, 0.717) is 11.4 Å². The number of thiophene rings is 1. The molecule has 0 unspecified atom stereocenters. The largest absolute Gasteiger partial charge is 0.448 e. The molecule has 2 rings (SSSR count). The summed E-state index contributed by atoms with van der Waals surface area (Å²) in [6.07, 6.45) is -0.816. The van der Waals surface area contributed by atoms with Crippen LogP contribution in [0.5, 0.6) is 0 Å². The molecule has 2 aromatic rings. The number of rotatable bonds is 5. The number of amides is 1. The quantitative estimate of drug-likeness (QED) is 0.864. The summed E-state index contributed by atoms with van der Waals surface area (Å²) in [7, 11) is 0. The molecule has 0 spiro atoms. The summed E-state index contributed by atoms with van der Waals surface area (Å²) in [4.78, 5) is 25.3. The molecule has 1 N–H and O–H groups in total. The fraction of sp³-hybridized carbons (Fsp3) is 0.250. The Morgan fingerprint density at radius 1 is 1.19 bits per heavy atom. The van der Waals surface area contributed by atoms with Crippen LogP contribution in [0.15, 0.2) is 42.5 Å². The summed E-state index contributed by atoms with van der Waals surface area (Å²) in [5.74, 6) is -0.768. The van der Waals surface area contributed by atoms with Crippen molar-refractivity contribution in [3.05, 3.63) is 57.8 Å². The first-order chi connectivity index (χ1) is 10.1. The lowest BCUT2D eigenvalue weighted by molar-refractivity contribution is -0.129. The van der Waals surface area contributed by atoms with Crippen LogP contribution < -0.4 is 5.32 Å². The normalized spacial score (nSPS) is 11.7. The standard InChI is InChI=1S/C16H17NO3S/c1-11-8-9-14(21-11)16(19)20-12(2)15(18)17-10-13-6-4-3-5-7-13/h3-9,12H,10H2,1-2H3,(H,17,18)/t12-/m1/s1. The Balaban J connectivity index is 1.83. The van der Waals surface area contributed by atoms with E-state index in [1.807, 2.05) is 43.3 Å². The van der Waals surface area contributed by atoms with Crippen molar-refractivity contribution in [1.82, 2.24) is 5.32 Å². The summed E-state index contributed by atoms with van der Waals surface area (Å²) in [5.41, 5.74) is 0.998. The van der Waals surface area contributed by atoms with Crippen LogP contribution in [-0.2, 0) is 16.1 Å². The van der Waals surface area contributed by atoms with E-state index in [2.05, 4.69) is 5.32 Å². The van der Waals surface area contributed by atoms with E-state index in [0.717, 1.165) is 10.4 Å². The van der Waals surface area contributed by atoms with E-state index in [1.54, 1.807) is 13.0 Å². The minimum atomic E-state index is -0.816. The molecule has 0 saturated carbocycles. The van der Waals surface area contributed by atoms with Crippen LogP contribution in [0, 0.1) is 6.92 Å². The molecular weight excluding hydrogens is 286 g/mol. The van der Waals surface area contributed by atoms with E-state index in [4.69, 9.17) is 4.74 Å². The monoisotopic (exact) mass is 303 g/mol. The van der Waals surface area contributed by atoms with Gasteiger partial charge in [0.2, 0.25) is 0 Å². The highest BCUT2D eigenvalue weighted by atomic mass is 32.1. The molecule has 21 heavy (non-hydrogen) atoms. The maximum absolute atomic E-state index is 11.9. The number of carbonyl (C=O) groups is 2. The first-order valence-corrected chi connectivity index (χ1v) is 7.47. The van der Waals surface area contributed by atoms with Gasteiger partial charge in [0.25, 0.3) is 5.91 Å². The lowest BCUT2D eigenvalue weighted by Gasteiger charge is -2.13. The Morgan fingerprint density at radius 3 is 2.52 bits per heavy atom. The highest BCUT2D eigenvalue weighted by Gasteiger charge is 2.19. The molecule has 0 bridgehead atoms. The number of benzene rings is 1. The van der Waals surface area contributed by atoms with Gasteiger partial charge in [-0.3, -0.25) is 4.79 Å². The van der Waals surface area contributed by atoms with E-state index in [9.17, 15) is 9.59 Å². The molecule has 1 amide bonds. The fourth-order valence-electron chi connectivity index (χ4n) is 1.75. The van der Waals surface area contributed by atoms with Gasteiger partial charge < -0.3 is 10.1 Å². The first kappa shape index (κ1) is 15.3. The zero-order valence-electron chi connectivity index (χ0n) is 12.0. The molecule has 0 saturated heterocycles. The van der Waals surface area contributed by atoms with Gasteiger partial charge >= 0.3 is 5.97 Å². The second-order valence-corrected chi connectivity index (χ2v) is 5.95. The Morgan fingerprint density at radius 2 is 1.90 bits per heavy atom. The molecule has 1 heterocycles. The third kappa shape index (κ3) is 4.43. The average Bonchev–Trinajstić information content (AvgIpc) is 2.92. The van der Waals surface area contributed by atoms with Gasteiger partial charge in [-0.15, -0.1) is 11.3 Å². The Hall–Kier alpha value is -2.14. The number of aryl methyl sites for hydroxylation is 1. The second kappa shape index (κ2) is 7.04. The fourth-order valence-corrected chi connectivity index (χ4v) is 2.50. The first-order valence-electron chi connectivity index (χ1n) is 6.65. The van der Waals surface area contributed by atoms with Crippen molar-refractivity contribution in [1.29, 1.82) is 0 Å². The van der Waals surface area contributed by atoms with Crippen LogP contribution in [0.25, 0.3) is 0 Å². The van der Waals surface area contributed by atoms with E-state index < -0.39 is 12.1 Å². The maximum atomic E-state index is 11.9. The predicted octanol–water partition coefficient (Wildman–Crippen LogP) is 2.92. The number of ether oxygens (including phenoxy) is 1. The summed E-state index contributed by atoms with van der Waals surface area (Å²) in [6.45, 7) is 3.90. The van der Waals surface area contributed by atoms with Gasteiger partial charge in [0.15, 0.2) is 6.10 Å². The summed E-state index contributed by atoms with van der Waals surface area (Å²) in [6, 6.07) is 13.1. The number of hydrogen-bond acceptors (Lipinski definition) is 4. The maximum Gasteiger partial charge on any atom is 0.349 e. The van der Waals surface area contributed by atoms with Gasteiger partial charge in [-0.05, 0) is 31.5 Å². The SMILES string of the molecule is Cc1ccc(C(=O)O[C@H](C)C(=O)NCc2ccccc2)s1. The molecule has 110 valence electrons. The Kier molecular flexibility index (Phi) is 5.11. The smallest absolute Gasteiger partial charge is 0.349 e. The van der Waals surface area contributed by atoms with Gasteiger partial charge in [-0.25, -0.2) is 4.79 Å². The predicted molar refractivity (Wildman–Crippen MR) is 82.2 cm³/mol. The van der Waals surface area contributed by atoms with Crippen molar-refractivity contribution in [2.24, 2.45) is 0 Å². The number of esters is 1. The van der Waals surface area contributed by atoms with Crippen LogP contribution in [0.3, 0.4) is 0 Å². The minimum Gasteiger partial charge on any atom is -0.448 e. The molecule has 0 radical (unpaired) electrons. The van der Waals surface area contributed by atoms with Crippen molar-refractivity contribution in [2.75, 3.05) is 0 Å². The number of hydrogen-bond donors (Lipinski definition) is 1. The minimum absolute atomic E-state index is 0.305. The summed E-state index contributed by atoms with van der Waals surface area (Å²) in [5, 5.41) is 2.75.